The van der Waals surface area contributed by atoms with Gasteiger partial charge in [-0.3, -0.25) is 4.79 Å². The third-order valence-electron chi connectivity index (χ3n) is 5.59. The van der Waals surface area contributed by atoms with Gasteiger partial charge in [-0.1, -0.05) is 25.0 Å². The summed E-state index contributed by atoms with van der Waals surface area (Å²) in [5, 5.41) is 9.74. The van der Waals surface area contributed by atoms with Gasteiger partial charge >= 0.3 is 0 Å². The molecule has 0 radical (unpaired) electrons. The minimum absolute atomic E-state index is 0. The third-order valence-corrected chi connectivity index (χ3v) is 5.59. The Bertz CT molecular complexity index is 643. The maximum Gasteiger partial charge on any atom is 0.251 e. The lowest BCUT2D eigenvalue weighted by Gasteiger charge is -2.30. The molecule has 1 aliphatic rings. The lowest BCUT2D eigenvalue weighted by molar-refractivity contribution is 0.0955. The van der Waals surface area contributed by atoms with Gasteiger partial charge in [-0.05, 0) is 63.1 Å². The van der Waals surface area contributed by atoms with Crippen molar-refractivity contribution in [1.29, 1.82) is 0 Å². The molecule has 30 heavy (non-hydrogen) atoms. The van der Waals surface area contributed by atoms with E-state index >= 15 is 0 Å². The molecule has 3 N–H and O–H groups in total. The average Bonchev–Trinajstić information content (AvgIpc) is 3.20. The van der Waals surface area contributed by atoms with Gasteiger partial charge in [0.15, 0.2) is 5.96 Å². The summed E-state index contributed by atoms with van der Waals surface area (Å²) in [7, 11) is 0. The molecule has 6 nitrogen and oxygen atoms in total. The summed E-state index contributed by atoms with van der Waals surface area (Å²) in [5.74, 6) is 0.814. The molecule has 0 aromatic heterocycles. The van der Waals surface area contributed by atoms with Crippen LogP contribution in [0.25, 0.3) is 0 Å². The van der Waals surface area contributed by atoms with Gasteiger partial charge in [-0.2, -0.15) is 0 Å². The SMILES string of the molecule is CCNC(=O)c1ccc(CN=C(NCC)NCC2(CCOCC)CCCC2)cc1.I. The molecule has 0 unspecified atom stereocenters. The summed E-state index contributed by atoms with van der Waals surface area (Å²) in [6, 6.07) is 7.66. The van der Waals surface area contributed by atoms with E-state index in [0.717, 1.165) is 44.2 Å². The Hall–Kier alpha value is -1.35. The second-order valence-corrected chi connectivity index (χ2v) is 7.76. The van der Waals surface area contributed by atoms with Crippen molar-refractivity contribution in [2.45, 2.75) is 59.4 Å². The van der Waals surface area contributed by atoms with E-state index in [0.29, 0.717) is 24.1 Å². The lowest BCUT2D eigenvalue weighted by atomic mass is 9.83. The highest BCUT2D eigenvalue weighted by Gasteiger charge is 2.33. The molecule has 0 atom stereocenters. The molecule has 0 aliphatic heterocycles. The molecule has 0 saturated heterocycles. The molecule has 1 aromatic rings. The molecule has 0 bridgehead atoms. The second kappa shape index (κ2) is 14.6. The van der Waals surface area contributed by atoms with Gasteiger partial charge in [-0.25, -0.2) is 4.99 Å². The number of amides is 1. The van der Waals surface area contributed by atoms with Crippen molar-refractivity contribution >= 4 is 35.8 Å². The highest BCUT2D eigenvalue weighted by atomic mass is 127. The minimum atomic E-state index is -0.0357. The van der Waals surface area contributed by atoms with Crippen molar-refractivity contribution in [3.63, 3.8) is 0 Å². The Morgan fingerprint density at radius 2 is 1.70 bits per heavy atom. The largest absolute Gasteiger partial charge is 0.382 e. The van der Waals surface area contributed by atoms with Crippen LogP contribution < -0.4 is 16.0 Å². The number of carbonyl (C=O) groups is 1. The van der Waals surface area contributed by atoms with E-state index < -0.39 is 0 Å². The van der Waals surface area contributed by atoms with Crippen molar-refractivity contribution < 1.29 is 9.53 Å². The maximum absolute atomic E-state index is 11.9. The van der Waals surface area contributed by atoms with Crippen molar-refractivity contribution in [3.05, 3.63) is 35.4 Å². The number of carbonyl (C=O) groups excluding carboxylic acids is 1. The Morgan fingerprint density at radius 3 is 2.30 bits per heavy atom. The molecule has 1 aromatic carbocycles. The van der Waals surface area contributed by atoms with Gasteiger partial charge in [0.2, 0.25) is 0 Å². The molecule has 0 spiro atoms. The van der Waals surface area contributed by atoms with Crippen LogP contribution in [0.15, 0.2) is 29.3 Å². The van der Waals surface area contributed by atoms with Crippen LogP contribution in [0.5, 0.6) is 0 Å². The Kier molecular flexibility index (Phi) is 13.0. The molecule has 1 aliphatic carbocycles. The van der Waals surface area contributed by atoms with Crippen molar-refractivity contribution in [2.75, 3.05) is 32.8 Å². The fraction of sp³-hybridized carbons (Fsp3) is 0.652. The Morgan fingerprint density at radius 1 is 1.03 bits per heavy atom. The summed E-state index contributed by atoms with van der Waals surface area (Å²) < 4.78 is 5.62. The molecule has 7 heteroatoms. The normalized spacial score (nSPS) is 15.4. The Balaban J connectivity index is 0.00000450. The monoisotopic (exact) mass is 530 g/mol. The number of nitrogens with zero attached hydrogens (tertiary/aromatic N) is 1. The molecular weight excluding hydrogens is 491 g/mol. The first-order valence-corrected chi connectivity index (χ1v) is 11.1. The number of nitrogens with one attached hydrogen (secondary N) is 3. The lowest BCUT2D eigenvalue weighted by Crippen LogP contribution is -2.43. The first kappa shape index (κ1) is 26.7. The highest BCUT2D eigenvalue weighted by molar-refractivity contribution is 14.0. The molecule has 1 saturated carbocycles. The molecule has 1 amide bonds. The van der Waals surface area contributed by atoms with Gasteiger partial charge in [-0.15, -0.1) is 24.0 Å². The van der Waals surface area contributed by atoms with E-state index in [2.05, 4.69) is 29.8 Å². The number of guanidine groups is 1. The van der Waals surface area contributed by atoms with Crippen LogP contribution in [0.1, 0.15) is 68.8 Å². The van der Waals surface area contributed by atoms with E-state index in [4.69, 9.17) is 9.73 Å². The molecule has 170 valence electrons. The molecule has 1 fully saturated rings. The standard InChI is InChI=1S/C23H38N4O2.HI/c1-4-24-21(28)20-11-9-19(10-12-20)17-26-22(25-5-2)27-18-23(13-7-8-14-23)15-16-29-6-3;/h9-12H,4-8,13-18H2,1-3H3,(H,24,28)(H2,25,26,27);1H. The first-order valence-electron chi connectivity index (χ1n) is 11.1. The summed E-state index contributed by atoms with van der Waals surface area (Å²) in [6.45, 7) is 10.7. The first-order chi connectivity index (χ1) is 14.1. The van der Waals surface area contributed by atoms with Gasteiger partial charge in [0.05, 0.1) is 6.54 Å². The van der Waals surface area contributed by atoms with Crippen molar-refractivity contribution in [1.82, 2.24) is 16.0 Å². The van der Waals surface area contributed by atoms with Crippen LogP contribution in [0.2, 0.25) is 0 Å². The van der Waals surface area contributed by atoms with Gasteiger partial charge in [0.1, 0.15) is 0 Å². The van der Waals surface area contributed by atoms with E-state index in [9.17, 15) is 4.79 Å². The van der Waals surface area contributed by atoms with Crippen molar-refractivity contribution in [2.24, 2.45) is 10.4 Å². The van der Waals surface area contributed by atoms with E-state index in [1.165, 1.54) is 25.7 Å². The van der Waals surface area contributed by atoms with Crippen LogP contribution in [0, 0.1) is 5.41 Å². The average molecular weight is 530 g/mol. The smallest absolute Gasteiger partial charge is 0.251 e. The van der Waals surface area contributed by atoms with Crippen LogP contribution >= 0.6 is 24.0 Å². The minimum Gasteiger partial charge on any atom is -0.382 e. The fourth-order valence-corrected chi connectivity index (χ4v) is 3.88. The number of hydrogen-bond donors (Lipinski definition) is 3. The zero-order chi connectivity index (χ0) is 21.0. The van der Waals surface area contributed by atoms with Crippen LogP contribution in [-0.2, 0) is 11.3 Å². The van der Waals surface area contributed by atoms with Crippen LogP contribution in [0.4, 0.5) is 0 Å². The number of ether oxygens (including phenoxy) is 1. The number of benzene rings is 1. The number of hydrogen-bond acceptors (Lipinski definition) is 3. The zero-order valence-electron chi connectivity index (χ0n) is 18.8. The van der Waals surface area contributed by atoms with E-state index in [1.807, 2.05) is 31.2 Å². The number of rotatable bonds is 11. The number of halogens is 1. The summed E-state index contributed by atoms with van der Waals surface area (Å²) >= 11 is 0. The van der Waals surface area contributed by atoms with Gasteiger partial charge in [0.25, 0.3) is 5.91 Å². The Labute approximate surface area is 199 Å². The predicted octanol–water partition coefficient (Wildman–Crippen LogP) is 4.10. The quantitative estimate of drug-likeness (QED) is 0.174. The summed E-state index contributed by atoms with van der Waals surface area (Å²) in [4.78, 5) is 16.6. The molecule has 0 heterocycles. The van der Waals surface area contributed by atoms with Gasteiger partial charge in [0, 0.05) is 38.4 Å². The number of aliphatic imine (C=N–C) groups is 1. The van der Waals surface area contributed by atoms with Crippen molar-refractivity contribution in [3.8, 4) is 0 Å². The predicted molar refractivity (Wildman–Crippen MR) is 135 cm³/mol. The molecular formula is C23H39IN4O2. The van der Waals surface area contributed by atoms with Crippen LogP contribution in [-0.4, -0.2) is 44.7 Å². The highest BCUT2D eigenvalue weighted by Crippen LogP contribution is 2.40. The topological polar surface area (TPSA) is 74.8 Å². The zero-order valence-corrected chi connectivity index (χ0v) is 21.1. The summed E-state index contributed by atoms with van der Waals surface area (Å²) in [6.07, 6.45) is 6.23. The third kappa shape index (κ3) is 8.79. The van der Waals surface area contributed by atoms with E-state index in [1.54, 1.807) is 0 Å². The summed E-state index contributed by atoms with van der Waals surface area (Å²) in [5.41, 5.74) is 2.09. The van der Waals surface area contributed by atoms with Gasteiger partial charge < -0.3 is 20.7 Å². The molecule has 2 rings (SSSR count). The second-order valence-electron chi connectivity index (χ2n) is 7.76. The van der Waals surface area contributed by atoms with Crippen LogP contribution in [0.3, 0.4) is 0 Å². The maximum atomic E-state index is 11.9. The fourth-order valence-electron chi connectivity index (χ4n) is 3.88. The van der Waals surface area contributed by atoms with E-state index in [-0.39, 0.29) is 29.9 Å².